The molecule has 0 aliphatic carbocycles. The van der Waals surface area contributed by atoms with Crippen molar-refractivity contribution < 1.29 is 23.7 Å². The summed E-state index contributed by atoms with van der Waals surface area (Å²) in [4.78, 5) is 15.4. The number of fused-ring (bicyclic) bond motifs is 2. The Morgan fingerprint density at radius 3 is 2.72 bits per heavy atom. The highest BCUT2D eigenvalue weighted by Gasteiger charge is 2.33. The number of nitrogens with zero attached hydrogens (tertiary/aromatic N) is 1. The highest BCUT2D eigenvalue weighted by atomic mass is 16.7. The molecule has 7 heteroatoms. The molecule has 32 heavy (non-hydrogen) atoms. The van der Waals surface area contributed by atoms with Crippen LogP contribution in [0.15, 0.2) is 60.7 Å². The van der Waals surface area contributed by atoms with Crippen LogP contribution in [-0.4, -0.2) is 31.3 Å². The first kappa shape index (κ1) is 20.1. The number of nitrogens with one attached hydrogen (secondary N) is 1. The molecule has 2 heterocycles. The molecule has 0 unspecified atom stereocenters. The van der Waals surface area contributed by atoms with Crippen molar-refractivity contribution in [1.29, 1.82) is 0 Å². The van der Waals surface area contributed by atoms with Gasteiger partial charge in [0.2, 0.25) is 6.79 Å². The first-order chi connectivity index (χ1) is 15.7. The average Bonchev–Trinajstić information content (AvgIpc) is 3.29. The maximum Gasteiger partial charge on any atom is 0.258 e. The van der Waals surface area contributed by atoms with Crippen molar-refractivity contribution >= 4 is 11.6 Å². The largest absolute Gasteiger partial charge is 0.493 e. The number of ether oxygens (including phenoxy) is 4. The number of carbonyl (C=O) groups is 1. The molecule has 0 saturated carbocycles. The second kappa shape index (κ2) is 8.34. The summed E-state index contributed by atoms with van der Waals surface area (Å²) in [5, 5.41) is 3.53. The predicted octanol–water partition coefficient (Wildman–Crippen LogP) is 4.59. The SMILES string of the molecule is CCOc1cc([C@@H]2Nc3ccccc3C(=O)N2Cc2ccc3c(c2)OCO3)ccc1OC. The number of carbonyl (C=O) groups excluding carboxylic acids is 1. The molecule has 0 saturated heterocycles. The van der Waals surface area contributed by atoms with Gasteiger partial charge in [-0.25, -0.2) is 0 Å². The summed E-state index contributed by atoms with van der Waals surface area (Å²) in [5.74, 6) is 2.66. The van der Waals surface area contributed by atoms with Crippen molar-refractivity contribution in [2.24, 2.45) is 0 Å². The van der Waals surface area contributed by atoms with Crippen molar-refractivity contribution in [3.05, 3.63) is 77.4 Å². The zero-order valence-corrected chi connectivity index (χ0v) is 18.0. The highest BCUT2D eigenvalue weighted by molar-refractivity contribution is 6.01. The molecule has 5 rings (SSSR count). The van der Waals surface area contributed by atoms with Crippen molar-refractivity contribution in [3.8, 4) is 23.0 Å². The van der Waals surface area contributed by atoms with E-state index in [1.165, 1.54) is 0 Å². The van der Waals surface area contributed by atoms with Gasteiger partial charge in [0.05, 0.1) is 19.3 Å². The maximum absolute atomic E-state index is 13.5. The van der Waals surface area contributed by atoms with Crippen LogP contribution >= 0.6 is 0 Å². The third-order valence-electron chi connectivity index (χ3n) is 5.62. The molecule has 3 aromatic rings. The van der Waals surface area contributed by atoms with Crippen LogP contribution in [0, 0.1) is 0 Å². The molecule has 7 nitrogen and oxygen atoms in total. The van der Waals surface area contributed by atoms with Crippen LogP contribution < -0.4 is 24.3 Å². The number of methoxy groups -OCH3 is 1. The van der Waals surface area contributed by atoms with Gasteiger partial charge < -0.3 is 29.2 Å². The van der Waals surface area contributed by atoms with Crippen LogP contribution in [0.4, 0.5) is 5.69 Å². The van der Waals surface area contributed by atoms with Gasteiger partial charge in [-0.05, 0) is 54.4 Å². The monoisotopic (exact) mass is 432 g/mol. The van der Waals surface area contributed by atoms with E-state index in [4.69, 9.17) is 18.9 Å². The van der Waals surface area contributed by atoms with E-state index in [2.05, 4.69) is 5.32 Å². The minimum absolute atomic E-state index is 0.0456. The van der Waals surface area contributed by atoms with Crippen LogP contribution in [0.25, 0.3) is 0 Å². The van der Waals surface area contributed by atoms with Gasteiger partial charge in [0.1, 0.15) is 6.17 Å². The minimum atomic E-state index is -0.382. The topological polar surface area (TPSA) is 69.3 Å². The molecule has 0 spiro atoms. The standard InChI is InChI=1S/C25H24N2O5/c1-3-30-23-13-17(9-11-20(23)29-2)24-26-19-7-5-4-6-18(19)25(28)27(24)14-16-8-10-21-22(12-16)32-15-31-21/h4-13,24,26H,3,14-15H2,1-2H3/t24-/m1/s1. The number of hydrogen-bond acceptors (Lipinski definition) is 6. The normalized spacial score (nSPS) is 16.4. The first-order valence-electron chi connectivity index (χ1n) is 10.5. The number of para-hydroxylation sites is 1. The molecule has 0 bridgehead atoms. The van der Waals surface area contributed by atoms with Crippen molar-refractivity contribution in [2.75, 3.05) is 25.8 Å². The van der Waals surface area contributed by atoms with Crippen molar-refractivity contribution in [2.45, 2.75) is 19.6 Å². The molecule has 0 fully saturated rings. The Kier molecular flexibility index (Phi) is 5.23. The average molecular weight is 432 g/mol. The second-order valence-electron chi connectivity index (χ2n) is 7.56. The lowest BCUT2D eigenvalue weighted by atomic mass is 10.0. The summed E-state index contributed by atoms with van der Waals surface area (Å²) in [6, 6.07) is 19.1. The molecule has 1 atom stereocenters. The molecule has 1 N–H and O–H groups in total. The summed E-state index contributed by atoms with van der Waals surface area (Å²) in [6.45, 7) is 3.06. The number of rotatable bonds is 6. The number of benzene rings is 3. The lowest BCUT2D eigenvalue weighted by Gasteiger charge is -2.38. The molecule has 164 valence electrons. The summed E-state index contributed by atoms with van der Waals surface area (Å²) < 4.78 is 22.1. The van der Waals surface area contributed by atoms with Gasteiger partial charge >= 0.3 is 0 Å². The summed E-state index contributed by atoms with van der Waals surface area (Å²) in [6.07, 6.45) is -0.382. The van der Waals surface area contributed by atoms with Crippen LogP contribution in [0.1, 0.15) is 34.6 Å². The Morgan fingerprint density at radius 2 is 1.88 bits per heavy atom. The maximum atomic E-state index is 13.5. The fourth-order valence-corrected chi connectivity index (χ4v) is 4.09. The van der Waals surface area contributed by atoms with Crippen LogP contribution in [-0.2, 0) is 6.54 Å². The molecule has 1 amide bonds. The van der Waals surface area contributed by atoms with Gasteiger partial charge in [0.15, 0.2) is 23.0 Å². The molecule has 3 aromatic carbocycles. The Morgan fingerprint density at radius 1 is 1.03 bits per heavy atom. The van der Waals surface area contributed by atoms with E-state index in [0.717, 1.165) is 22.6 Å². The van der Waals surface area contributed by atoms with Gasteiger partial charge in [-0.2, -0.15) is 0 Å². The smallest absolute Gasteiger partial charge is 0.258 e. The van der Waals surface area contributed by atoms with E-state index in [0.29, 0.717) is 36.0 Å². The third-order valence-corrected chi connectivity index (χ3v) is 5.62. The number of anilines is 1. The zero-order valence-electron chi connectivity index (χ0n) is 18.0. The summed E-state index contributed by atoms with van der Waals surface area (Å²) in [5.41, 5.74) is 3.30. The fraction of sp³-hybridized carbons (Fsp3) is 0.240. The van der Waals surface area contributed by atoms with Crippen molar-refractivity contribution in [3.63, 3.8) is 0 Å². The van der Waals surface area contributed by atoms with Gasteiger partial charge in [-0.3, -0.25) is 4.79 Å². The zero-order chi connectivity index (χ0) is 22.1. The number of hydrogen-bond donors (Lipinski definition) is 1. The van der Waals surface area contributed by atoms with Crippen LogP contribution in [0.3, 0.4) is 0 Å². The quantitative estimate of drug-likeness (QED) is 0.615. The minimum Gasteiger partial charge on any atom is -0.493 e. The molecule has 0 radical (unpaired) electrons. The van der Waals surface area contributed by atoms with E-state index in [1.54, 1.807) is 7.11 Å². The Balaban J connectivity index is 1.54. The molecule has 0 aromatic heterocycles. The lowest BCUT2D eigenvalue weighted by Crippen LogP contribution is -2.42. The lowest BCUT2D eigenvalue weighted by molar-refractivity contribution is 0.0666. The Hall–Kier alpha value is -3.87. The molecular weight excluding hydrogens is 408 g/mol. The highest BCUT2D eigenvalue weighted by Crippen LogP contribution is 2.39. The van der Waals surface area contributed by atoms with E-state index in [9.17, 15) is 4.79 Å². The fourth-order valence-electron chi connectivity index (χ4n) is 4.09. The number of amides is 1. The van der Waals surface area contributed by atoms with Gasteiger partial charge in [-0.15, -0.1) is 0 Å². The third kappa shape index (κ3) is 3.56. The van der Waals surface area contributed by atoms with Crippen LogP contribution in [0.5, 0.6) is 23.0 Å². The van der Waals surface area contributed by atoms with E-state index >= 15 is 0 Å². The summed E-state index contributed by atoms with van der Waals surface area (Å²) >= 11 is 0. The first-order valence-corrected chi connectivity index (χ1v) is 10.5. The van der Waals surface area contributed by atoms with E-state index < -0.39 is 0 Å². The van der Waals surface area contributed by atoms with Gasteiger partial charge in [-0.1, -0.05) is 24.3 Å². The predicted molar refractivity (Wildman–Crippen MR) is 119 cm³/mol. The summed E-state index contributed by atoms with van der Waals surface area (Å²) in [7, 11) is 1.61. The molecule has 2 aliphatic heterocycles. The van der Waals surface area contributed by atoms with E-state index in [1.807, 2.05) is 72.5 Å². The Bertz CT molecular complexity index is 1160. The van der Waals surface area contributed by atoms with Gasteiger partial charge in [0, 0.05) is 12.2 Å². The second-order valence-corrected chi connectivity index (χ2v) is 7.56. The van der Waals surface area contributed by atoms with Crippen molar-refractivity contribution in [1.82, 2.24) is 4.90 Å². The van der Waals surface area contributed by atoms with E-state index in [-0.39, 0.29) is 18.9 Å². The Labute approximate surface area is 186 Å². The van der Waals surface area contributed by atoms with Gasteiger partial charge in [0.25, 0.3) is 5.91 Å². The molecule has 2 aliphatic rings. The molecular formula is C25H24N2O5. The van der Waals surface area contributed by atoms with Crippen LogP contribution in [0.2, 0.25) is 0 Å².